The molecule has 0 spiro atoms. The standard InChI is InChI=1S/C13H20FN3O2S/c1-3-16-7-8-17(9-10(16)2)20(18,19)12-6-4-5-11(14)13(12)15/h4-6,10H,3,7-9,15H2,1-2H3. The fourth-order valence-electron chi connectivity index (χ4n) is 2.53. The Kier molecular flexibility index (Phi) is 4.31. The van der Waals surface area contributed by atoms with Crippen molar-refractivity contribution in [3.05, 3.63) is 24.0 Å². The predicted molar refractivity (Wildman–Crippen MR) is 76.3 cm³/mol. The lowest BCUT2D eigenvalue weighted by Crippen LogP contribution is -2.53. The molecule has 1 saturated heterocycles. The van der Waals surface area contributed by atoms with Gasteiger partial charge in [0.2, 0.25) is 10.0 Å². The lowest BCUT2D eigenvalue weighted by atomic mass is 10.2. The fraction of sp³-hybridized carbons (Fsp3) is 0.538. The summed E-state index contributed by atoms with van der Waals surface area (Å²) in [6.45, 7) is 6.39. The molecule has 20 heavy (non-hydrogen) atoms. The molecule has 1 heterocycles. The molecule has 1 aromatic carbocycles. The maximum atomic E-state index is 13.5. The molecule has 0 bridgehead atoms. The average molecular weight is 301 g/mol. The van der Waals surface area contributed by atoms with Crippen molar-refractivity contribution in [1.29, 1.82) is 0 Å². The van der Waals surface area contributed by atoms with Crippen molar-refractivity contribution in [3.63, 3.8) is 0 Å². The summed E-state index contributed by atoms with van der Waals surface area (Å²) in [5.41, 5.74) is 5.26. The molecule has 0 aliphatic carbocycles. The Morgan fingerprint density at radius 1 is 1.40 bits per heavy atom. The Labute approximate surface area is 119 Å². The number of hydrogen-bond acceptors (Lipinski definition) is 4. The monoisotopic (exact) mass is 301 g/mol. The lowest BCUT2D eigenvalue weighted by molar-refractivity contribution is 0.135. The van der Waals surface area contributed by atoms with Crippen LogP contribution in [-0.4, -0.2) is 49.8 Å². The third kappa shape index (κ3) is 2.65. The van der Waals surface area contributed by atoms with Crippen LogP contribution in [0.3, 0.4) is 0 Å². The second kappa shape index (κ2) is 5.67. The van der Waals surface area contributed by atoms with Crippen LogP contribution in [0.15, 0.2) is 23.1 Å². The highest BCUT2D eigenvalue weighted by atomic mass is 32.2. The van der Waals surface area contributed by atoms with Crippen LogP contribution >= 0.6 is 0 Å². The van der Waals surface area contributed by atoms with Crippen LogP contribution in [0.2, 0.25) is 0 Å². The van der Waals surface area contributed by atoms with Crippen molar-refractivity contribution in [2.24, 2.45) is 0 Å². The van der Waals surface area contributed by atoms with E-state index in [-0.39, 0.29) is 16.6 Å². The first-order chi connectivity index (χ1) is 9.37. The average Bonchev–Trinajstić information content (AvgIpc) is 2.41. The number of nitrogens with zero attached hydrogens (tertiary/aromatic N) is 2. The number of para-hydroxylation sites is 1. The molecule has 1 aromatic rings. The number of nitrogen functional groups attached to an aromatic ring is 1. The van der Waals surface area contributed by atoms with E-state index in [2.05, 4.69) is 4.90 Å². The molecule has 0 saturated carbocycles. The Morgan fingerprint density at radius 3 is 2.70 bits per heavy atom. The molecule has 1 aliphatic rings. The second-order valence-electron chi connectivity index (χ2n) is 4.99. The Morgan fingerprint density at radius 2 is 2.10 bits per heavy atom. The Hall–Kier alpha value is -1.18. The topological polar surface area (TPSA) is 66.6 Å². The van der Waals surface area contributed by atoms with E-state index in [4.69, 9.17) is 5.73 Å². The van der Waals surface area contributed by atoms with Crippen molar-refractivity contribution < 1.29 is 12.8 Å². The van der Waals surface area contributed by atoms with E-state index in [1.165, 1.54) is 16.4 Å². The van der Waals surface area contributed by atoms with Crippen molar-refractivity contribution >= 4 is 15.7 Å². The number of nitrogens with two attached hydrogens (primary N) is 1. The first-order valence-electron chi connectivity index (χ1n) is 6.66. The van der Waals surface area contributed by atoms with Gasteiger partial charge in [0.15, 0.2) is 0 Å². The van der Waals surface area contributed by atoms with E-state index in [0.29, 0.717) is 19.6 Å². The van der Waals surface area contributed by atoms with Gasteiger partial charge in [0, 0.05) is 25.7 Å². The molecule has 2 rings (SSSR count). The minimum atomic E-state index is -3.74. The molecule has 1 unspecified atom stereocenters. The summed E-state index contributed by atoms with van der Waals surface area (Å²) in [5.74, 6) is -0.702. The summed E-state index contributed by atoms with van der Waals surface area (Å²) in [5, 5.41) is 0. The van der Waals surface area contributed by atoms with E-state index in [1.807, 2.05) is 13.8 Å². The third-order valence-corrected chi connectivity index (χ3v) is 5.69. The summed E-state index contributed by atoms with van der Waals surface area (Å²) in [4.78, 5) is 2.07. The van der Waals surface area contributed by atoms with Crippen molar-refractivity contribution in [3.8, 4) is 0 Å². The molecule has 5 nitrogen and oxygen atoms in total. The van der Waals surface area contributed by atoms with Crippen molar-refractivity contribution in [2.75, 3.05) is 31.9 Å². The maximum absolute atomic E-state index is 13.5. The minimum absolute atomic E-state index is 0.137. The molecule has 0 amide bonds. The maximum Gasteiger partial charge on any atom is 0.245 e. The van der Waals surface area contributed by atoms with E-state index >= 15 is 0 Å². The quantitative estimate of drug-likeness (QED) is 0.850. The van der Waals surface area contributed by atoms with Crippen LogP contribution in [0.1, 0.15) is 13.8 Å². The largest absolute Gasteiger partial charge is 0.395 e. The highest BCUT2D eigenvalue weighted by molar-refractivity contribution is 7.89. The van der Waals surface area contributed by atoms with E-state index in [9.17, 15) is 12.8 Å². The fourth-order valence-corrected chi connectivity index (χ4v) is 4.17. The van der Waals surface area contributed by atoms with Crippen LogP contribution in [0, 0.1) is 5.82 Å². The zero-order valence-electron chi connectivity index (χ0n) is 11.7. The highest BCUT2D eigenvalue weighted by Gasteiger charge is 2.33. The van der Waals surface area contributed by atoms with Gasteiger partial charge in [-0.3, -0.25) is 4.90 Å². The molecule has 0 radical (unpaired) electrons. The second-order valence-corrected chi connectivity index (χ2v) is 6.90. The highest BCUT2D eigenvalue weighted by Crippen LogP contribution is 2.26. The molecule has 7 heteroatoms. The molecular weight excluding hydrogens is 281 g/mol. The molecule has 1 fully saturated rings. The van der Waals surface area contributed by atoms with E-state index in [1.54, 1.807) is 0 Å². The number of likely N-dealkylation sites (N-methyl/N-ethyl adjacent to an activating group) is 1. The van der Waals surface area contributed by atoms with Crippen LogP contribution in [0.5, 0.6) is 0 Å². The zero-order chi connectivity index (χ0) is 14.9. The summed E-state index contributed by atoms with van der Waals surface area (Å²) in [7, 11) is -3.74. The van der Waals surface area contributed by atoms with Gasteiger partial charge < -0.3 is 5.73 Å². The summed E-state index contributed by atoms with van der Waals surface area (Å²) >= 11 is 0. The predicted octanol–water partition coefficient (Wildman–Crippen LogP) is 1.12. The van der Waals surface area contributed by atoms with Gasteiger partial charge in [-0.05, 0) is 25.6 Å². The van der Waals surface area contributed by atoms with Crippen LogP contribution in [0.25, 0.3) is 0 Å². The smallest absolute Gasteiger partial charge is 0.245 e. The Bertz CT molecular complexity index is 591. The van der Waals surface area contributed by atoms with Crippen LogP contribution < -0.4 is 5.73 Å². The first kappa shape index (κ1) is 15.2. The SMILES string of the molecule is CCN1CCN(S(=O)(=O)c2cccc(F)c2N)CC1C. The molecule has 2 N–H and O–H groups in total. The third-order valence-electron chi connectivity index (χ3n) is 3.76. The van der Waals surface area contributed by atoms with Gasteiger partial charge in [0.25, 0.3) is 0 Å². The van der Waals surface area contributed by atoms with E-state index < -0.39 is 15.8 Å². The summed E-state index contributed by atoms with van der Waals surface area (Å²) < 4.78 is 40.0. The molecule has 112 valence electrons. The number of hydrogen-bond donors (Lipinski definition) is 1. The Balaban J connectivity index is 2.30. The normalized spacial score (nSPS) is 22.1. The van der Waals surface area contributed by atoms with E-state index in [0.717, 1.165) is 12.6 Å². The summed E-state index contributed by atoms with van der Waals surface area (Å²) in [6.07, 6.45) is 0. The van der Waals surface area contributed by atoms with Gasteiger partial charge in [-0.25, -0.2) is 12.8 Å². The molecule has 0 aromatic heterocycles. The van der Waals surface area contributed by atoms with Crippen molar-refractivity contribution in [1.82, 2.24) is 9.21 Å². The number of benzene rings is 1. The van der Waals surface area contributed by atoms with Gasteiger partial charge in [0.05, 0.1) is 5.69 Å². The van der Waals surface area contributed by atoms with Gasteiger partial charge in [0.1, 0.15) is 10.7 Å². The van der Waals surface area contributed by atoms with Gasteiger partial charge in [-0.2, -0.15) is 4.31 Å². The molecular formula is C13H20FN3O2S. The minimum Gasteiger partial charge on any atom is -0.395 e. The van der Waals surface area contributed by atoms with Gasteiger partial charge in [-0.1, -0.05) is 13.0 Å². The van der Waals surface area contributed by atoms with Crippen LogP contribution in [-0.2, 0) is 10.0 Å². The summed E-state index contributed by atoms with van der Waals surface area (Å²) in [6, 6.07) is 4.01. The van der Waals surface area contributed by atoms with Crippen molar-refractivity contribution in [2.45, 2.75) is 24.8 Å². The number of rotatable bonds is 3. The molecule has 1 atom stereocenters. The number of sulfonamides is 1. The first-order valence-corrected chi connectivity index (χ1v) is 8.10. The number of halogens is 1. The van der Waals surface area contributed by atoms with Gasteiger partial charge >= 0.3 is 0 Å². The zero-order valence-corrected chi connectivity index (χ0v) is 12.5. The van der Waals surface area contributed by atoms with Crippen LogP contribution in [0.4, 0.5) is 10.1 Å². The lowest BCUT2D eigenvalue weighted by Gasteiger charge is -2.38. The van der Waals surface area contributed by atoms with Gasteiger partial charge in [-0.15, -0.1) is 0 Å². The number of piperazine rings is 1. The molecule has 1 aliphatic heterocycles. The number of anilines is 1.